The topological polar surface area (TPSA) is 63.8 Å². The molecule has 3 N–H and O–H groups in total. The van der Waals surface area contributed by atoms with Crippen molar-refractivity contribution in [2.24, 2.45) is 0 Å². The maximum Gasteiger partial charge on any atom is 0.137 e. The van der Waals surface area contributed by atoms with Crippen molar-refractivity contribution in [3.63, 3.8) is 0 Å². The highest BCUT2D eigenvalue weighted by atomic mass is 15.0. The van der Waals surface area contributed by atoms with Gasteiger partial charge in [-0.15, -0.1) is 0 Å². The first-order valence-corrected chi connectivity index (χ1v) is 7.13. The van der Waals surface area contributed by atoms with Gasteiger partial charge in [0.05, 0.1) is 5.52 Å². The van der Waals surface area contributed by atoms with Crippen LogP contribution in [-0.2, 0) is 6.42 Å². The van der Waals surface area contributed by atoms with Crippen molar-refractivity contribution in [2.75, 3.05) is 17.6 Å². The van der Waals surface area contributed by atoms with E-state index in [0.29, 0.717) is 5.92 Å². The Balaban J connectivity index is 1.57. The van der Waals surface area contributed by atoms with Crippen LogP contribution < -0.4 is 11.1 Å². The van der Waals surface area contributed by atoms with E-state index in [4.69, 9.17) is 5.73 Å². The molecule has 0 amide bonds. The minimum absolute atomic E-state index is 0.562. The Morgan fingerprint density at radius 1 is 1.14 bits per heavy atom. The number of fused-ring (bicyclic) bond motifs is 2. The molecule has 0 bridgehead atoms. The van der Waals surface area contributed by atoms with Crippen LogP contribution in [0, 0.1) is 0 Å². The van der Waals surface area contributed by atoms with Gasteiger partial charge in [-0.2, -0.15) is 0 Å². The van der Waals surface area contributed by atoms with Gasteiger partial charge in [0.25, 0.3) is 0 Å². The standard InChI is InChI=1S/C17H16N4/c18-13-5-6-16-15(8-13)17(21-10-20-16)19-9-12-7-11-3-1-2-4-14(11)12/h1-6,8,10,12H,7,9,18H2,(H,19,20,21). The highest BCUT2D eigenvalue weighted by molar-refractivity contribution is 5.91. The largest absolute Gasteiger partial charge is 0.399 e. The molecule has 0 saturated carbocycles. The average molecular weight is 276 g/mol. The maximum absolute atomic E-state index is 5.87. The van der Waals surface area contributed by atoms with E-state index in [2.05, 4.69) is 39.6 Å². The number of hydrogen-bond donors (Lipinski definition) is 2. The highest BCUT2D eigenvalue weighted by Gasteiger charge is 2.25. The van der Waals surface area contributed by atoms with Gasteiger partial charge in [0.15, 0.2) is 0 Å². The van der Waals surface area contributed by atoms with Crippen molar-refractivity contribution in [1.29, 1.82) is 0 Å². The summed E-state index contributed by atoms with van der Waals surface area (Å²) in [5, 5.41) is 4.43. The predicted molar refractivity (Wildman–Crippen MR) is 85.3 cm³/mol. The predicted octanol–water partition coefficient (Wildman–Crippen LogP) is 2.96. The highest BCUT2D eigenvalue weighted by Crippen LogP contribution is 2.35. The third kappa shape index (κ3) is 2.09. The molecule has 0 fully saturated rings. The summed E-state index contributed by atoms with van der Waals surface area (Å²) in [7, 11) is 0. The van der Waals surface area contributed by atoms with E-state index in [1.54, 1.807) is 6.33 Å². The molecular weight excluding hydrogens is 260 g/mol. The van der Waals surface area contributed by atoms with Gasteiger partial charge in [0.2, 0.25) is 0 Å². The zero-order chi connectivity index (χ0) is 14.2. The van der Waals surface area contributed by atoms with Crippen LogP contribution in [-0.4, -0.2) is 16.5 Å². The Hall–Kier alpha value is -2.62. The van der Waals surface area contributed by atoms with Gasteiger partial charge in [-0.25, -0.2) is 9.97 Å². The van der Waals surface area contributed by atoms with Crippen molar-refractivity contribution in [2.45, 2.75) is 12.3 Å². The van der Waals surface area contributed by atoms with Gasteiger partial charge >= 0.3 is 0 Å². The molecule has 1 heterocycles. The number of nitrogens with one attached hydrogen (secondary N) is 1. The van der Waals surface area contributed by atoms with Crippen molar-refractivity contribution in [3.8, 4) is 0 Å². The number of nitrogens with two attached hydrogens (primary N) is 1. The fourth-order valence-electron chi connectivity index (χ4n) is 2.98. The number of aromatic nitrogens is 2. The second-order valence-corrected chi connectivity index (χ2v) is 5.48. The van der Waals surface area contributed by atoms with Crippen molar-refractivity contribution in [1.82, 2.24) is 9.97 Å². The Kier molecular flexibility index (Phi) is 2.74. The summed E-state index contributed by atoms with van der Waals surface area (Å²) < 4.78 is 0. The van der Waals surface area contributed by atoms with Crippen LogP contribution in [0.15, 0.2) is 48.8 Å². The van der Waals surface area contributed by atoms with E-state index in [1.165, 1.54) is 11.1 Å². The molecule has 1 aliphatic carbocycles. The normalized spacial score (nSPS) is 16.3. The fourth-order valence-corrected chi connectivity index (χ4v) is 2.98. The Morgan fingerprint density at radius 3 is 2.95 bits per heavy atom. The van der Waals surface area contributed by atoms with Gasteiger partial charge in [-0.1, -0.05) is 24.3 Å². The molecule has 104 valence electrons. The van der Waals surface area contributed by atoms with Crippen molar-refractivity contribution < 1.29 is 0 Å². The summed E-state index contributed by atoms with van der Waals surface area (Å²) in [4.78, 5) is 8.63. The summed E-state index contributed by atoms with van der Waals surface area (Å²) in [6.07, 6.45) is 2.73. The number of nitrogens with zero attached hydrogens (tertiary/aromatic N) is 2. The molecule has 21 heavy (non-hydrogen) atoms. The molecular formula is C17H16N4. The third-order valence-electron chi connectivity index (χ3n) is 4.14. The van der Waals surface area contributed by atoms with Crippen LogP contribution in [0.5, 0.6) is 0 Å². The quantitative estimate of drug-likeness (QED) is 0.722. The van der Waals surface area contributed by atoms with Gasteiger partial charge in [0, 0.05) is 23.5 Å². The lowest BCUT2D eigenvalue weighted by Crippen LogP contribution is -2.24. The van der Waals surface area contributed by atoms with Gasteiger partial charge in [-0.3, -0.25) is 0 Å². The third-order valence-corrected chi connectivity index (χ3v) is 4.14. The summed E-state index contributed by atoms with van der Waals surface area (Å²) in [5.74, 6) is 1.42. The number of anilines is 2. The van der Waals surface area contributed by atoms with Crippen LogP contribution >= 0.6 is 0 Å². The molecule has 4 nitrogen and oxygen atoms in total. The average Bonchev–Trinajstić information content (AvgIpc) is 2.48. The number of nitrogen functional groups attached to an aromatic ring is 1. The fraction of sp³-hybridized carbons (Fsp3) is 0.176. The second-order valence-electron chi connectivity index (χ2n) is 5.48. The van der Waals surface area contributed by atoms with Gasteiger partial charge in [0.1, 0.15) is 12.1 Å². The lowest BCUT2D eigenvalue weighted by molar-refractivity contribution is 0.635. The number of benzene rings is 2. The molecule has 1 aliphatic rings. The summed E-state index contributed by atoms with van der Waals surface area (Å²) in [5.41, 5.74) is 10.4. The SMILES string of the molecule is Nc1ccc2ncnc(NCC3Cc4ccccc43)c2c1. The molecule has 1 unspecified atom stereocenters. The molecule has 2 aromatic carbocycles. The van der Waals surface area contributed by atoms with Gasteiger partial charge < -0.3 is 11.1 Å². The molecule has 0 saturated heterocycles. The second kappa shape index (κ2) is 4.74. The molecule has 3 aromatic rings. The summed E-state index contributed by atoms with van der Waals surface area (Å²) in [6, 6.07) is 14.3. The first kappa shape index (κ1) is 12.1. The lowest BCUT2D eigenvalue weighted by Gasteiger charge is -2.30. The Morgan fingerprint density at radius 2 is 2.05 bits per heavy atom. The van der Waals surface area contributed by atoms with E-state index >= 15 is 0 Å². The van der Waals surface area contributed by atoms with Crippen molar-refractivity contribution >= 4 is 22.4 Å². The van der Waals surface area contributed by atoms with Crippen LogP contribution in [0.2, 0.25) is 0 Å². The molecule has 0 aliphatic heterocycles. The van der Waals surface area contributed by atoms with E-state index in [0.717, 1.165) is 35.4 Å². The maximum atomic E-state index is 5.87. The Labute approximate surface area is 123 Å². The molecule has 1 aromatic heterocycles. The number of hydrogen-bond acceptors (Lipinski definition) is 4. The lowest BCUT2D eigenvalue weighted by atomic mass is 9.77. The van der Waals surface area contributed by atoms with Crippen LogP contribution in [0.1, 0.15) is 17.0 Å². The summed E-state index contributed by atoms with van der Waals surface area (Å²) in [6.45, 7) is 0.887. The summed E-state index contributed by atoms with van der Waals surface area (Å²) >= 11 is 0. The smallest absolute Gasteiger partial charge is 0.137 e. The molecule has 0 spiro atoms. The Bertz CT molecular complexity index is 813. The first-order valence-electron chi connectivity index (χ1n) is 7.13. The minimum Gasteiger partial charge on any atom is -0.399 e. The van der Waals surface area contributed by atoms with E-state index in [9.17, 15) is 0 Å². The van der Waals surface area contributed by atoms with E-state index in [-0.39, 0.29) is 0 Å². The molecule has 4 rings (SSSR count). The van der Waals surface area contributed by atoms with Crippen LogP contribution in [0.4, 0.5) is 11.5 Å². The van der Waals surface area contributed by atoms with Crippen LogP contribution in [0.3, 0.4) is 0 Å². The first-order chi connectivity index (χ1) is 10.3. The molecule has 0 radical (unpaired) electrons. The van der Waals surface area contributed by atoms with Crippen molar-refractivity contribution in [3.05, 3.63) is 59.9 Å². The molecule has 4 heteroatoms. The van der Waals surface area contributed by atoms with Gasteiger partial charge in [-0.05, 0) is 35.7 Å². The molecule has 1 atom stereocenters. The minimum atomic E-state index is 0.562. The zero-order valence-electron chi connectivity index (χ0n) is 11.6. The van der Waals surface area contributed by atoms with Crippen LogP contribution in [0.25, 0.3) is 10.9 Å². The number of rotatable bonds is 3. The monoisotopic (exact) mass is 276 g/mol. The van der Waals surface area contributed by atoms with E-state index < -0.39 is 0 Å². The zero-order valence-corrected chi connectivity index (χ0v) is 11.6. The van der Waals surface area contributed by atoms with E-state index in [1.807, 2.05) is 18.2 Å².